The fourth-order valence-corrected chi connectivity index (χ4v) is 7.10. The van der Waals surface area contributed by atoms with Crippen molar-refractivity contribution >= 4 is 32.3 Å². The molecule has 0 saturated heterocycles. The Labute approximate surface area is 279 Å². The lowest BCUT2D eigenvalue weighted by molar-refractivity contribution is 1.32. The zero-order valence-corrected chi connectivity index (χ0v) is 26.2. The molecule has 0 saturated carbocycles. The number of rotatable bonds is 5. The second-order valence-electron chi connectivity index (χ2n) is 12.3. The number of fused-ring (bicyclic) bond motifs is 6. The van der Waals surface area contributed by atoms with Crippen LogP contribution in [0.3, 0.4) is 0 Å². The Morgan fingerprint density at radius 3 is 1.31 bits per heavy atom. The molecule has 2 heteroatoms. The van der Waals surface area contributed by atoms with Crippen LogP contribution in [0.4, 0.5) is 0 Å². The molecule has 0 aliphatic carbocycles. The van der Waals surface area contributed by atoms with Gasteiger partial charge in [-0.25, -0.2) is 0 Å². The molecular formula is C46H30N2. The Bertz CT molecular complexity index is 2500. The molecule has 0 fully saturated rings. The van der Waals surface area contributed by atoms with Crippen LogP contribution >= 0.6 is 0 Å². The maximum Gasteiger partial charge on any atom is 0.0346 e. The van der Waals surface area contributed by atoms with Crippen LogP contribution < -0.4 is 0 Å². The zero-order valence-electron chi connectivity index (χ0n) is 26.2. The SMILES string of the molecule is c1ccc(-c2cc(-c3ccc4c5ccccc5c5ccccc5c4c3)ccc2-c2cc(-c3cccnc3)cc(-c3cccnc3)c2)cc1. The van der Waals surface area contributed by atoms with Crippen molar-refractivity contribution < 1.29 is 0 Å². The van der Waals surface area contributed by atoms with Crippen LogP contribution in [0.2, 0.25) is 0 Å². The van der Waals surface area contributed by atoms with Crippen molar-refractivity contribution in [1.82, 2.24) is 9.97 Å². The molecule has 0 aliphatic heterocycles. The third-order valence-electron chi connectivity index (χ3n) is 9.42. The maximum absolute atomic E-state index is 4.42. The number of pyridine rings is 2. The average molecular weight is 611 g/mol. The van der Waals surface area contributed by atoms with Gasteiger partial charge in [-0.05, 0) is 119 Å². The highest BCUT2D eigenvalue weighted by molar-refractivity contribution is 6.25. The molecule has 0 spiro atoms. The molecular weight excluding hydrogens is 581 g/mol. The highest BCUT2D eigenvalue weighted by Gasteiger charge is 2.15. The summed E-state index contributed by atoms with van der Waals surface area (Å²) in [6.45, 7) is 0. The van der Waals surface area contributed by atoms with E-state index in [-0.39, 0.29) is 0 Å². The van der Waals surface area contributed by atoms with Crippen molar-refractivity contribution in [2.45, 2.75) is 0 Å². The first-order chi connectivity index (χ1) is 23.8. The normalized spacial score (nSPS) is 11.3. The Hall–Kier alpha value is -6.38. The van der Waals surface area contributed by atoms with Gasteiger partial charge in [-0.1, -0.05) is 115 Å². The fourth-order valence-electron chi connectivity index (χ4n) is 7.10. The largest absolute Gasteiger partial charge is 0.264 e. The molecule has 9 aromatic rings. The molecule has 0 radical (unpaired) electrons. The Morgan fingerprint density at radius 1 is 0.250 bits per heavy atom. The minimum Gasteiger partial charge on any atom is -0.264 e. The van der Waals surface area contributed by atoms with E-state index < -0.39 is 0 Å². The molecule has 2 heterocycles. The molecule has 224 valence electrons. The van der Waals surface area contributed by atoms with Crippen molar-refractivity contribution in [2.24, 2.45) is 0 Å². The van der Waals surface area contributed by atoms with Gasteiger partial charge in [-0.3, -0.25) is 9.97 Å². The van der Waals surface area contributed by atoms with Crippen LogP contribution in [0.1, 0.15) is 0 Å². The minimum atomic E-state index is 1.08. The highest BCUT2D eigenvalue weighted by Crippen LogP contribution is 2.41. The number of hydrogen-bond acceptors (Lipinski definition) is 2. The van der Waals surface area contributed by atoms with Gasteiger partial charge in [0, 0.05) is 35.9 Å². The molecule has 0 aliphatic rings. The topological polar surface area (TPSA) is 25.8 Å². The van der Waals surface area contributed by atoms with E-state index in [9.17, 15) is 0 Å². The number of nitrogens with zero attached hydrogens (tertiary/aromatic N) is 2. The predicted molar refractivity (Wildman–Crippen MR) is 202 cm³/mol. The van der Waals surface area contributed by atoms with E-state index in [1.165, 1.54) is 60.1 Å². The molecule has 2 aromatic heterocycles. The van der Waals surface area contributed by atoms with Gasteiger partial charge in [-0.2, -0.15) is 0 Å². The molecule has 0 amide bonds. The van der Waals surface area contributed by atoms with E-state index in [1.54, 1.807) is 0 Å². The summed E-state index contributed by atoms with van der Waals surface area (Å²) in [6.07, 6.45) is 7.50. The summed E-state index contributed by atoms with van der Waals surface area (Å²) in [5.74, 6) is 0. The summed E-state index contributed by atoms with van der Waals surface area (Å²) in [5.41, 5.74) is 11.5. The highest BCUT2D eigenvalue weighted by atomic mass is 14.6. The van der Waals surface area contributed by atoms with E-state index in [2.05, 4.69) is 156 Å². The summed E-state index contributed by atoms with van der Waals surface area (Å²) in [4.78, 5) is 8.84. The second kappa shape index (κ2) is 11.8. The van der Waals surface area contributed by atoms with Gasteiger partial charge in [0.15, 0.2) is 0 Å². The van der Waals surface area contributed by atoms with Gasteiger partial charge in [0.2, 0.25) is 0 Å². The maximum atomic E-state index is 4.42. The lowest BCUT2D eigenvalue weighted by Crippen LogP contribution is -1.91. The van der Waals surface area contributed by atoms with Gasteiger partial charge < -0.3 is 0 Å². The Balaban J connectivity index is 1.26. The summed E-state index contributed by atoms with van der Waals surface area (Å²) in [7, 11) is 0. The van der Waals surface area contributed by atoms with E-state index in [0.29, 0.717) is 0 Å². The van der Waals surface area contributed by atoms with Gasteiger partial charge >= 0.3 is 0 Å². The van der Waals surface area contributed by atoms with Crippen LogP contribution in [-0.2, 0) is 0 Å². The zero-order chi connectivity index (χ0) is 31.9. The second-order valence-corrected chi connectivity index (χ2v) is 12.3. The summed E-state index contributed by atoms with van der Waals surface area (Å²) in [6, 6.07) is 57.1. The van der Waals surface area contributed by atoms with Gasteiger partial charge in [0.05, 0.1) is 0 Å². The summed E-state index contributed by atoms with van der Waals surface area (Å²) in [5, 5.41) is 7.71. The van der Waals surface area contributed by atoms with Crippen LogP contribution in [0.5, 0.6) is 0 Å². The van der Waals surface area contributed by atoms with Crippen molar-refractivity contribution in [3.63, 3.8) is 0 Å². The van der Waals surface area contributed by atoms with Gasteiger partial charge in [0.1, 0.15) is 0 Å². The monoisotopic (exact) mass is 610 g/mol. The first-order valence-corrected chi connectivity index (χ1v) is 16.3. The minimum absolute atomic E-state index is 1.08. The van der Waals surface area contributed by atoms with Crippen molar-refractivity contribution in [2.75, 3.05) is 0 Å². The van der Waals surface area contributed by atoms with Crippen LogP contribution in [0.25, 0.3) is 88.0 Å². The van der Waals surface area contributed by atoms with E-state index in [4.69, 9.17) is 0 Å². The van der Waals surface area contributed by atoms with Crippen molar-refractivity contribution in [3.8, 4) is 55.6 Å². The van der Waals surface area contributed by atoms with E-state index in [0.717, 1.165) is 27.8 Å². The van der Waals surface area contributed by atoms with Crippen LogP contribution in [0, 0.1) is 0 Å². The Morgan fingerprint density at radius 2 is 0.729 bits per heavy atom. The third kappa shape index (κ3) is 4.92. The predicted octanol–water partition coefficient (Wildman–Crippen LogP) is 12.3. The molecule has 0 bridgehead atoms. The Kier molecular flexibility index (Phi) is 6.84. The molecule has 2 nitrogen and oxygen atoms in total. The third-order valence-corrected chi connectivity index (χ3v) is 9.42. The quantitative estimate of drug-likeness (QED) is 0.181. The standard InChI is InChI=1S/C46H30N2/c1-2-10-31(11-3-1)45-27-32(33-19-21-44-42-16-5-4-14-40(42)41-15-6-7-17-43(41)46(44)28-33)18-20-39(45)38-25-36(34-12-8-22-47-29-34)24-37(26-38)35-13-9-23-48-30-35/h1-30H. The van der Waals surface area contributed by atoms with Gasteiger partial charge in [0.25, 0.3) is 0 Å². The van der Waals surface area contributed by atoms with Crippen molar-refractivity contribution in [3.05, 3.63) is 183 Å². The number of hydrogen-bond donors (Lipinski definition) is 0. The number of aromatic nitrogens is 2. The first-order valence-electron chi connectivity index (χ1n) is 16.3. The van der Waals surface area contributed by atoms with Crippen LogP contribution in [0.15, 0.2) is 183 Å². The first kappa shape index (κ1) is 27.9. The van der Waals surface area contributed by atoms with Gasteiger partial charge in [-0.15, -0.1) is 0 Å². The summed E-state index contributed by atoms with van der Waals surface area (Å²) >= 11 is 0. The smallest absolute Gasteiger partial charge is 0.0346 e. The number of benzene rings is 7. The molecule has 9 rings (SSSR count). The van der Waals surface area contributed by atoms with Crippen LogP contribution in [-0.4, -0.2) is 9.97 Å². The van der Waals surface area contributed by atoms with E-state index >= 15 is 0 Å². The lowest BCUT2D eigenvalue weighted by atomic mass is 9.87. The molecule has 0 atom stereocenters. The summed E-state index contributed by atoms with van der Waals surface area (Å²) < 4.78 is 0. The molecule has 7 aromatic carbocycles. The fraction of sp³-hybridized carbons (Fsp3) is 0. The average Bonchev–Trinajstić information content (AvgIpc) is 3.18. The molecule has 48 heavy (non-hydrogen) atoms. The van der Waals surface area contributed by atoms with E-state index in [1.807, 2.05) is 36.9 Å². The molecule has 0 N–H and O–H groups in total. The molecule has 0 unspecified atom stereocenters. The van der Waals surface area contributed by atoms with Crippen molar-refractivity contribution in [1.29, 1.82) is 0 Å². The lowest BCUT2D eigenvalue weighted by Gasteiger charge is -2.17.